The summed E-state index contributed by atoms with van der Waals surface area (Å²) in [6.07, 6.45) is 0. The van der Waals surface area contributed by atoms with Gasteiger partial charge < -0.3 is 10.0 Å². The maximum atomic E-state index is 13.9. The van der Waals surface area contributed by atoms with Gasteiger partial charge in [0, 0.05) is 6.07 Å². The summed E-state index contributed by atoms with van der Waals surface area (Å²) in [5.74, 6) is -3.27. The van der Waals surface area contributed by atoms with Crippen molar-refractivity contribution in [3.05, 3.63) is 35.4 Å². The second kappa shape index (κ2) is 5.13. The number of rotatable bonds is 2. The van der Waals surface area contributed by atoms with Crippen molar-refractivity contribution in [2.75, 3.05) is 13.1 Å². The predicted molar refractivity (Wildman–Crippen MR) is 70.7 cm³/mol. The van der Waals surface area contributed by atoms with Crippen LogP contribution in [0.1, 0.15) is 32.3 Å². The molecule has 0 spiro atoms. The number of aliphatic carboxylic acids is 1. The smallest absolute Gasteiger partial charge is 0.313 e. The zero-order valence-corrected chi connectivity index (χ0v) is 11.9. The fourth-order valence-corrected chi connectivity index (χ4v) is 2.90. The second-order valence-electron chi connectivity index (χ2n) is 6.48. The van der Waals surface area contributed by atoms with Crippen LogP contribution in [0.5, 0.6) is 0 Å². The van der Waals surface area contributed by atoms with Crippen LogP contribution in [0.25, 0.3) is 0 Å². The summed E-state index contributed by atoms with van der Waals surface area (Å²) in [5, 5.41) is 9.36. The Balaban J connectivity index is 2.35. The molecule has 110 valence electrons. The van der Waals surface area contributed by atoms with Gasteiger partial charge in [0.2, 0.25) is 0 Å². The molecule has 3 atom stereocenters. The molecule has 5 heteroatoms. The number of carbonyl (C=O) groups is 1. The Morgan fingerprint density at radius 1 is 1.30 bits per heavy atom. The minimum atomic E-state index is -0.919. The topological polar surface area (TPSA) is 41.7 Å². The van der Waals surface area contributed by atoms with Crippen LogP contribution in [0.4, 0.5) is 8.78 Å². The zero-order chi connectivity index (χ0) is 15.1. The van der Waals surface area contributed by atoms with E-state index in [-0.39, 0.29) is 5.54 Å². The summed E-state index contributed by atoms with van der Waals surface area (Å²) in [7, 11) is 0. The third kappa shape index (κ3) is 2.82. The molecular formula is C15H20F2NO2+. The van der Waals surface area contributed by atoms with Crippen molar-refractivity contribution < 1.29 is 23.6 Å². The summed E-state index contributed by atoms with van der Waals surface area (Å²) >= 11 is 0. The zero-order valence-electron chi connectivity index (χ0n) is 11.9. The molecule has 2 rings (SSSR count). The van der Waals surface area contributed by atoms with E-state index in [0.29, 0.717) is 18.7 Å². The lowest BCUT2D eigenvalue weighted by Crippen LogP contribution is -3.17. The van der Waals surface area contributed by atoms with Crippen LogP contribution in [0.15, 0.2) is 18.2 Å². The molecule has 1 saturated heterocycles. The number of carboxylic acid groups (broad SMARTS) is 1. The molecule has 0 amide bonds. The Labute approximate surface area is 117 Å². The van der Waals surface area contributed by atoms with Gasteiger partial charge in [0.15, 0.2) is 0 Å². The molecule has 0 saturated carbocycles. The Bertz CT molecular complexity index is 525. The van der Waals surface area contributed by atoms with Gasteiger partial charge in [0.1, 0.15) is 17.6 Å². The Morgan fingerprint density at radius 3 is 2.45 bits per heavy atom. The highest BCUT2D eigenvalue weighted by Crippen LogP contribution is 2.29. The molecule has 1 aromatic carbocycles. The van der Waals surface area contributed by atoms with Gasteiger partial charge in [0.25, 0.3) is 0 Å². The fraction of sp³-hybridized carbons (Fsp3) is 0.533. The van der Waals surface area contributed by atoms with Crippen molar-refractivity contribution in [3.8, 4) is 0 Å². The van der Waals surface area contributed by atoms with Gasteiger partial charge >= 0.3 is 5.97 Å². The van der Waals surface area contributed by atoms with E-state index in [4.69, 9.17) is 0 Å². The molecule has 3 nitrogen and oxygen atoms in total. The third-order valence-electron chi connectivity index (χ3n) is 4.16. The molecule has 3 unspecified atom stereocenters. The van der Waals surface area contributed by atoms with Crippen molar-refractivity contribution in [3.63, 3.8) is 0 Å². The van der Waals surface area contributed by atoms with Crippen LogP contribution in [0, 0.1) is 17.6 Å². The fourth-order valence-electron chi connectivity index (χ4n) is 2.90. The molecule has 1 aliphatic rings. The first-order valence-corrected chi connectivity index (χ1v) is 6.73. The summed E-state index contributed by atoms with van der Waals surface area (Å²) in [5.41, 5.74) is 0.205. The monoisotopic (exact) mass is 284 g/mol. The van der Waals surface area contributed by atoms with Gasteiger partial charge in [-0.1, -0.05) is 6.07 Å². The lowest BCUT2D eigenvalue weighted by molar-refractivity contribution is -0.936. The van der Waals surface area contributed by atoms with Crippen molar-refractivity contribution >= 4 is 5.97 Å². The van der Waals surface area contributed by atoms with Gasteiger partial charge in [-0.15, -0.1) is 0 Å². The molecular weight excluding hydrogens is 264 g/mol. The highest BCUT2D eigenvalue weighted by molar-refractivity contribution is 5.72. The number of hydrogen-bond acceptors (Lipinski definition) is 1. The summed E-state index contributed by atoms with van der Waals surface area (Å²) in [4.78, 5) is 12.5. The maximum Gasteiger partial charge on any atom is 0.313 e. The summed E-state index contributed by atoms with van der Waals surface area (Å²) in [6, 6.07) is 3.38. The molecule has 1 aliphatic heterocycles. The lowest BCUT2D eigenvalue weighted by atomic mass is 9.88. The molecule has 0 aliphatic carbocycles. The van der Waals surface area contributed by atoms with Crippen molar-refractivity contribution in [2.24, 2.45) is 5.92 Å². The van der Waals surface area contributed by atoms with E-state index in [9.17, 15) is 18.7 Å². The summed E-state index contributed by atoms with van der Waals surface area (Å²) < 4.78 is 26.9. The SMILES string of the molecule is CC(C)(C)[NH+]1CC(C(=O)O)C(c2ccc(F)cc2F)C1. The highest BCUT2D eigenvalue weighted by atomic mass is 19.1. The number of likely N-dealkylation sites (tertiary alicyclic amines) is 1. The van der Waals surface area contributed by atoms with Crippen molar-refractivity contribution in [2.45, 2.75) is 32.2 Å². The number of hydrogen-bond donors (Lipinski definition) is 2. The first kappa shape index (κ1) is 14.9. The van der Waals surface area contributed by atoms with Crippen molar-refractivity contribution in [1.29, 1.82) is 0 Å². The van der Waals surface area contributed by atoms with Crippen LogP contribution >= 0.6 is 0 Å². The van der Waals surface area contributed by atoms with Crippen LogP contribution in [0.3, 0.4) is 0 Å². The largest absolute Gasteiger partial charge is 0.481 e. The van der Waals surface area contributed by atoms with E-state index in [1.165, 1.54) is 12.1 Å². The lowest BCUT2D eigenvalue weighted by Gasteiger charge is -2.28. The number of carboxylic acids is 1. The molecule has 20 heavy (non-hydrogen) atoms. The number of nitrogens with one attached hydrogen (secondary N) is 1. The number of halogens is 2. The molecule has 2 N–H and O–H groups in total. The second-order valence-corrected chi connectivity index (χ2v) is 6.48. The first-order valence-electron chi connectivity index (χ1n) is 6.73. The van der Waals surface area contributed by atoms with Crippen LogP contribution < -0.4 is 4.90 Å². The van der Waals surface area contributed by atoms with E-state index in [2.05, 4.69) is 0 Å². The highest BCUT2D eigenvalue weighted by Gasteiger charge is 2.46. The van der Waals surface area contributed by atoms with E-state index in [1.54, 1.807) is 0 Å². The van der Waals surface area contributed by atoms with Crippen molar-refractivity contribution in [1.82, 2.24) is 0 Å². The molecule has 1 heterocycles. The van der Waals surface area contributed by atoms with E-state index in [0.717, 1.165) is 11.0 Å². The van der Waals surface area contributed by atoms with Gasteiger partial charge in [-0.05, 0) is 32.4 Å². The average molecular weight is 284 g/mol. The Morgan fingerprint density at radius 2 is 1.95 bits per heavy atom. The molecule has 1 aromatic rings. The molecule has 1 fully saturated rings. The van der Waals surface area contributed by atoms with Crippen LogP contribution in [-0.4, -0.2) is 29.7 Å². The third-order valence-corrected chi connectivity index (χ3v) is 4.16. The minimum absolute atomic E-state index is 0.0983. The van der Waals surface area contributed by atoms with Crippen LogP contribution in [-0.2, 0) is 4.79 Å². The van der Waals surface area contributed by atoms with Gasteiger partial charge in [-0.3, -0.25) is 4.79 Å². The predicted octanol–water partition coefficient (Wildman–Crippen LogP) is 1.45. The Hall–Kier alpha value is -1.49. The van der Waals surface area contributed by atoms with Gasteiger partial charge in [0.05, 0.1) is 24.5 Å². The van der Waals surface area contributed by atoms with E-state index < -0.39 is 29.4 Å². The van der Waals surface area contributed by atoms with E-state index in [1.807, 2.05) is 20.8 Å². The quantitative estimate of drug-likeness (QED) is 0.863. The summed E-state index contributed by atoms with van der Waals surface area (Å²) in [6.45, 7) is 7.10. The van der Waals surface area contributed by atoms with Gasteiger partial charge in [-0.2, -0.15) is 0 Å². The average Bonchev–Trinajstić information content (AvgIpc) is 2.73. The standard InChI is InChI=1S/C15H19F2NO2/c1-15(2,3)18-7-11(12(8-18)14(19)20)10-5-4-9(16)6-13(10)17/h4-6,11-12H,7-8H2,1-3H3,(H,19,20)/p+1. The number of benzene rings is 1. The normalized spacial score (nSPS) is 26.8. The number of quaternary nitrogens is 1. The molecule has 0 aromatic heterocycles. The molecule has 0 radical (unpaired) electrons. The van der Waals surface area contributed by atoms with Gasteiger partial charge in [-0.25, -0.2) is 8.78 Å². The Kier molecular flexibility index (Phi) is 3.82. The van der Waals surface area contributed by atoms with E-state index >= 15 is 0 Å². The molecule has 0 bridgehead atoms. The maximum absolute atomic E-state index is 13.9. The van der Waals surface area contributed by atoms with Crippen LogP contribution in [0.2, 0.25) is 0 Å². The minimum Gasteiger partial charge on any atom is -0.481 e. The first-order chi connectivity index (χ1) is 9.20.